The Labute approximate surface area is 71.4 Å². The third kappa shape index (κ3) is 1.44. The van der Waals surface area contributed by atoms with Gasteiger partial charge in [0, 0.05) is 12.6 Å². The Morgan fingerprint density at radius 1 is 1.58 bits per heavy atom. The van der Waals surface area contributed by atoms with Crippen LogP contribution in [0.15, 0.2) is 17.2 Å². The average Bonchev–Trinajstić information content (AvgIpc) is 2.07. The molecule has 64 valence electrons. The number of rotatable bonds is 1. The molecular weight excluding hydrogens is 152 g/mol. The number of nitrogens with zero attached hydrogens (tertiary/aromatic N) is 2. The summed E-state index contributed by atoms with van der Waals surface area (Å²) >= 11 is 0. The summed E-state index contributed by atoms with van der Waals surface area (Å²) in [6.45, 7) is 3.68. The van der Waals surface area contributed by atoms with E-state index in [1.807, 2.05) is 19.1 Å². The van der Waals surface area contributed by atoms with E-state index in [1.54, 1.807) is 14.0 Å². The Morgan fingerprint density at radius 2 is 2.25 bits per heavy atom. The molecule has 0 atom stereocenters. The van der Waals surface area contributed by atoms with E-state index in [4.69, 9.17) is 0 Å². The summed E-state index contributed by atoms with van der Waals surface area (Å²) in [5.41, 5.74) is 1.46. The first-order valence-electron chi connectivity index (χ1n) is 3.81. The highest BCUT2D eigenvalue weighted by molar-refractivity contribution is 5.47. The second kappa shape index (κ2) is 3.34. The molecule has 0 spiro atoms. The Balaban J connectivity index is 3.36. The fourth-order valence-corrected chi connectivity index (χ4v) is 0.998. The molecule has 0 fully saturated rings. The Bertz CT molecular complexity index is 363. The van der Waals surface area contributed by atoms with Crippen molar-refractivity contribution in [2.75, 3.05) is 0 Å². The van der Waals surface area contributed by atoms with E-state index in [1.165, 1.54) is 10.9 Å². The van der Waals surface area contributed by atoms with Crippen LogP contribution in [0.4, 0.5) is 0 Å². The minimum atomic E-state index is 0.0121. The van der Waals surface area contributed by atoms with E-state index in [0.29, 0.717) is 5.56 Å². The molecule has 3 nitrogen and oxygen atoms in total. The summed E-state index contributed by atoms with van der Waals surface area (Å²) in [5, 5.41) is 0. The van der Waals surface area contributed by atoms with E-state index < -0.39 is 0 Å². The summed E-state index contributed by atoms with van der Waals surface area (Å²) in [7, 11) is 1.70. The fraction of sp³-hybridized carbons (Fsp3) is 0.333. The lowest BCUT2D eigenvalue weighted by atomic mass is 10.2. The molecule has 0 aliphatic rings. The van der Waals surface area contributed by atoms with Crippen LogP contribution in [0.25, 0.3) is 6.08 Å². The van der Waals surface area contributed by atoms with Gasteiger partial charge in [-0.3, -0.25) is 4.79 Å². The first-order valence-corrected chi connectivity index (χ1v) is 3.81. The van der Waals surface area contributed by atoms with E-state index in [0.717, 1.165) is 5.69 Å². The van der Waals surface area contributed by atoms with Crippen LogP contribution in [0.1, 0.15) is 18.2 Å². The first-order chi connectivity index (χ1) is 5.66. The topological polar surface area (TPSA) is 34.9 Å². The summed E-state index contributed by atoms with van der Waals surface area (Å²) in [6.07, 6.45) is 5.23. The molecule has 1 aromatic heterocycles. The van der Waals surface area contributed by atoms with Crippen LogP contribution in [0, 0.1) is 6.92 Å². The van der Waals surface area contributed by atoms with Gasteiger partial charge in [-0.15, -0.1) is 0 Å². The van der Waals surface area contributed by atoms with E-state index in [9.17, 15) is 4.79 Å². The Kier molecular flexibility index (Phi) is 2.43. The maximum Gasteiger partial charge on any atom is 0.256 e. The monoisotopic (exact) mass is 164 g/mol. The van der Waals surface area contributed by atoms with Gasteiger partial charge >= 0.3 is 0 Å². The largest absolute Gasteiger partial charge is 0.302 e. The summed E-state index contributed by atoms with van der Waals surface area (Å²) in [4.78, 5) is 15.5. The highest BCUT2D eigenvalue weighted by atomic mass is 16.1. The molecule has 0 bridgehead atoms. The van der Waals surface area contributed by atoms with Crippen molar-refractivity contribution in [2.24, 2.45) is 7.05 Å². The lowest BCUT2D eigenvalue weighted by molar-refractivity contribution is 0.808. The van der Waals surface area contributed by atoms with E-state index >= 15 is 0 Å². The SMILES string of the molecule is C/C=C\c1ncn(C)c(=O)c1C. The number of aryl methyl sites for hydroxylation is 1. The zero-order valence-electron chi connectivity index (χ0n) is 7.53. The molecule has 1 heterocycles. The van der Waals surface area contributed by atoms with Gasteiger partial charge < -0.3 is 4.57 Å². The molecule has 3 heteroatoms. The second-order valence-electron chi connectivity index (χ2n) is 2.67. The van der Waals surface area contributed by atoms with Crippen molar-refractivity contribution in [3.05, 3.63) is 34.0 Å². The predicted octanol–water partition coefficient (Wildman–Crippen LogP) is 1.12. The lowest BCUT2D eigenvalue weighted by Crippen LogP contribution is -2.20. The highest BCUT2D eigenvalue weighted by Crippen LogP contribution is 1.99. The maximum absolute atomic E-state index is 11.4. The number of hydrogen-bond donors (Lipinski definition) is 0. The van der Waals surface area contributed by atoms with Crippen LogP contribution in [0.5, 0.6) is 0 Å². The van der Waals surface area contributed by atoms with Crippen LogP contribution in [-0.2, 0) is 7.05 Å². The summed E-state index contributed by atoms with van der Waals surface area (Å²) in [5.74, 6) is 0. The number of hydrogen-bond acceptors (Lipinski definition) is 2. The van der Waals surface area contributed by atoms with Gasteiger partial charge in [-0.1, -0.05) is 6.08 Å². The summed E-state index contributed by atoms with van der Waals surface area (Å²) in [6, 6.07) is 0. The Hall–Kier alpha value is -1.38. The van der Waals surface area contributed by atoms with Crippen molar-refractivity contribution in [3.63, 3.8) is 0 Å². The van der Waals surface area contributed by atoms with Gasteiger partial charge in [-0.05, 0) is 19.9 Å². The predicted molar refractivity (Wildman–Crippen MR) is 48.9 cm³/mol. The minimum absolute atomic E-state index is 0.0121. The van der Waals surface area contributed by atoms with Crippen molar-refractivity contribution in [1.29, 1.82) is 0 Å². The smallest absolute Gasteiger partial charge is 0.256 e. The molecule has 0 radical (unpaired) electrons. The molecule has 0 aliphatic heterocycles. The van der Waals surface area contributed by atoms with Gasteiger partial charge in [-0.2, -0.15) is 0 Å². The van der Waals surface area contributed by atoms with Crippen molar-refractivity contribution < 1.29 is 0 Å². The van der Waals surface area contributed by atoms with Crippen LogP contribution >= 0.6 is 0 Å². The highest BCUT2D eigenvalue weighted by Gasteiger charge is 2.00. The Morgan fingerprint density at radius 3 is 2.83 bits per heavy atom. The minimum Gasteiger partial charge on any atom is -0.302 e. The molecule has 0 aliphatic carbocycles. The van der Waals surface area contributed by atoms with Gasteiger partial charge in [0.2, 0.25) is 0 Å². The lowest BCUT2D eigenvalue weighted by Gasteiger charge is -2.00. The maximum atomic E-state index is 11.4. The fourth-order valence-electron chi connectivity index (χ4n) is 0.998. The van der Waals surface area contributed by atoms with E-state index in [2.05, 4.69) is 4.98 Å². The molecule has 1 aromatic rings. The van der Waals surface area contributed by atoms with E-state index in [-0.39, 0.29) is 5.56 Å². The van der Waals surface area contributed by atoms with Gasteiger partial charge in [-0.25, -0.2) is 4.98 Å². The third-order valence-corrected chi connectivity index (χ3v) is 1.72. The molecule has 1 rings (SSSR count). The van der Waals surface area contributed by atoms with Gasteiger partial charge in [0.05, 0.1) is 12.0 Å². The molecular formula is C9H12N2O. The van der Waals surface area contributed by atoms with Crippen LogP contribution in [0.3, 0.4) is 0 Å². The van der Waals surface area contributed by atoms with Crippen molar-refractivity contribution in [3.8, 4) is 0 Å². The molecule has 0 N–H and O–H groups in total. The zero-order valence-corrected chi connectivity index (χ0v) is 7.53. The van der Waals surface area contributed by atoms with Gasteiger partial charge in [0.1, 0.15) is 0 Å². The average molecular weight is 164 g/mol. The van der Waals surface area contributed by atoms with Crippen molar-refractivity contribution in [1.82, 2.24) is 9.55 Å². The summed E-state index contributed by atoms with van der Waals surface area (Å²) < 4.78 is 1.47. The van der Waals surface area contributed by atoms with Gasteiger partial charge in [0.25, 0.3) is 5.56 Å². The van der Waals surface area contributed by atoms with Crippen molar-refractivity contribution >= 4 is 6.08 Å². The molecule has 12 heavy (non-hydrogen) atoms. The van der Waals surface area contributed by atoms with Crippen LogP contribution in [-0.4, -0.2) is 9.55 Å². The first kappa shape index (κ1) is 8.71. The standard InChI is InChI=1S/C9H12N2O/c1-4-5-8-7(2)9(12)11(3)6-10-8/h4-6H,1-3H3/b5-4-. The van der Waals surface area contributed by atoms with Crippen LogP contribution in [0.2, 0.25) is 0 Å². The zero-order chi connectivity index (χ0) is 9.14. The molecule has 0 unspecified atom stereocenters. The molecule has 0 saturated heterocycles. The quantitative estimate of drug-likeness (QED) is 0.623. The third-order valence-electron chi connectivity index (χ3n) is 1.72. The second-order valence-corrected chi connectivity index (χ2v) is 2.67. The normalized spacial score (nSPS) is 10.9. The van der Waals surface area contributed by atoms with Crippen molar-refractivity contribution in [2.45, 2.75) is 13.8 Å². The van der Waals surface area contributed by atoms with Crippen LogP contribution < -0.4 is 5.56 Å². The molecule has 0 aromatic carbocycles. The number of aromatic nitrogens is 2. The molecule has 0 saturated carbocycles. The number of allylic oxidation sites excluding steroid dienone is 1. The molecule has 0 amide bonds. The van der Waals surface area contributed by atoms with Gasteiger partial charge in [0.15, 0.2) is 0 Å².